The summed E-state index contributed by atoms with van der Waals surface area (Å²) in [5.41, 5.74) is 8.71. The van der Waals surface area contributed by atoms with Crippen LogP contribution in [0, 0.1) is 0 Å². The van der Waals surface area contributed by atoms with Gasteiger partial charge in [0.25, 0.3) is 5.91 Å². The van der Waals surface area contributed by atoms with Crippen LogP contribution in [-0.4, -0.2) is 12.5 Å². The van der Waals surface area contributed by atoms with Crippen LogP contribution in [0.4, 0.5) is 0 Å². The van der Waals surface area contributed by atoms with Crippen LogP contribution in [-0.2, 0) is 11.2 Å². The van der Waals surface area contributed by atoms with Crippen LogP contribution >= 0.6 is 0 Å². The number of hydrogen-bond acceptors (Lipinski definition) is 2. The van der Waals surface area contributed by atoms with Crippen LogP contribution in [0.2, 0.25) is 0 Å². The van der Waals surface area contributed by atoms with Crippen LogP contribution in [0.1, 0.15) is 63.0 Å². The first kappa shape index (κ1) is 16.8. The fourth-order valence-corrected chi connectivity index (χ4v) is 2.76. The molecule has 1 aliphatic heterocycles. The van der Waals surface area contributed by atoms with Crippen molar-refractivity contribution in [3.8, 4) is 0 Å². The Bertz CT molecular complexity index is 491. The number of amides is 1. The Kier molecular flexibility index (Phi) is 7.17. The Morgan fingerprint density at radius 1 is 1.00 bits per heavy atom. The predicted octanol–water partition coefficient (Wildman–Crippen LogP) is 4.00. The molecule has 0 unspecified atom stereocenters. The van der Waals surface area contributed by atoms with Crippen molar-refractivity contribution in [3.05, 3.63) is 41.0 Å². The van der Waals surface area contributed by atoms with Crippen LogP contribution < -0.4 is 10.9 Å². The number of carbonyl (C=O) groups excluding carboxylic acids is 1. The standard InChI is InChI=1S/C19H28N2O/c1-2-3-4-5-6-7-8-9-16-10-12-17(13-11-16)14-18-15-20-21-19(18)22/h10-14,20H,2-9,15H2,1H3,(H,21,22)/b18-14+. The highest BCUT2D eigenvalue weighted by molar-refractivity contribution is 5.99. The molecular formula is C19H28N2O. The van der Waals surface area contributed by atoms with Gasteiger partial charge in [-0.3, -0.25) is 10.2 Å². The van der Waals surface area contributed by atoms with Gasteiger partial charge in [-0.2, -0.15) is 0 Å². The Morgan fingerprint density at radius 3 is 2.32 bits per heavy atom. The third-order valence-corrected chi connectivity index (χ3v) is 4.16. The van der Waals surface area contributed by atoms with Gasteiger partial charge in [-0.25, -0.2) is 5.43 Å². The monoisotopic (exact) mass is 300 g/mol. The van der Waals surface area contributed by atoms with Gasteiger partial charge in [-0.1, -0.05) is 69.7 Å². The lowest BCUT2D eigenvalue weighted by molar-refractivity contribution is -0.116. The average Bonchev–Trinajstić information content (AvgIpc) is 2.93. The lowest BCUT2D eigenvalue weighted by Gasteiger charge is -2.03. The Labute approximate surface area is 134 Å². The van der Waals surface area contributed by atoms with E-state index in [1.54, 1.807) is 0 Å². The second-order valence-corrected chi connectivity index (χ2v) is 6.09. The lowest BCUT2D eigenvalue weighted by Crippen LogP contribution is -2.25. The second kappa shape index (κ2) is 9.42. The number of nitrogens with one attached hydrogen (secondary N) is 2. The van der Waals surface area contributed by atoms with E-state index in [-0.39, 0.29) is 5.91 Å². The van der Waals surface area contributed by atoms with Crippen LogP contribution in [0.25, 0.3) is 6.08 Å². The van der Waals surface area contributed by atoms with Crippen molar-refractivity contribution in [2.24, 2.45) is 0 Å². The summed E-state index contributed by atoms with van der Waals surface area (Å²) >= 11 is 0. The average molecular weight is 300 g/mol. The number of hydrogen-bond donors (Lipinski definition) is 2. The molecule has 1 aliphatic rings. The van der Waals surface area contributed by atoms with E-state index in [1.165, 1.54) is 50.5 Å². The van der Waals surface area contributed by atoms with Gasteiger partial charge in [-0.05, 0) is 30.0 Å². The number of benzene rings is 1. The summed E-state index contributed by atoms with van der Waals surface area (Å²) in [5, 5.41) is 0. The normalized spacial score (nSPS) is 16.2. The van der Waals surface area contributed by atoms with Crippen molar-refractivity contribution >= 4 is 12.0 Å². The van der Waals surface area contributed by atoms with Crippen molar-refractivity contribution in [3.63, 3.8) is 0 Å². The molecule has 0 spiro atoms. The van der Waals surface area contributed by atoms with Crippen molar-refractivity contribution < 1.29 is 4.79 Å². The molecule has 0 saturated carbocycles. The number of rotatable bonds is 9. The van der Waals surface area contributed by atoms with Gasteiger partial charge in [0.2, 0.25) is 0 Å². The van der Waals surface area contributed by atoms with E-state index in [2.05, 4.69) is 42.0 Å². The van der Waals surface area contributed by atoms with Crippen molar-refractivity contribution in [1.29, 1.82) is 0 Å². The third kappa shape index (κ3) is 5.64. The van der Waals surface area contributed by atoms with Gasteiger partial charge in [0, 0.05) is 12.1 Å². The molecular weight excluding hydrogens is 272 g/mol. The van der Waals surface area contributed by atoms with Crippen molar-refractivity contribution in [1.82, 2.24) is 10.9 Å². The number of hydrazine groups is 1. The summed E-state index contributed by atoms with van der Waals surface area (Å²) < 4.78 is 0. The first-order chi connectivity index (χ1) is 10.8. The molecule has 3 heteroatoms. The number of unbranched alkanes of at least 4 members (excludes halogenated alkanes) is 6. The number of carbonyl (C=O) groups is 1. The zero-order valence-electron chi connectivity index (χ0n) is 13.7. The van der Waals surface area contributed by atoms with Crippen LogP contribution in [0.15, 0.2) is 29.8 Å². The van der Waals surface area contributed by atoms with Gasteiger partial charge in [0.05, 0.1) is 0 Å². The van der Waals surface area contributed by atoms with E-state index >= 15 is 0 Å². The summed E-state index contributed by atoms with van der Waals surface area (Å²) in [6, 6.07) is 8.58. The van der Waals surface area contributed by atoms with E-state index in [4.69, 9.17) is 0 Å². The largest absolute Gasteiger partial charge is 0.287 e. The Balaban J connectivity index is 1.70. The van der Waals surface area contributed by atoms with Gasteiger partial charge in [0.15, 0.2) is 0 Å². The van der Waals surface area contributed by atoms with E-state index in [9.17, 15) is 4.79 Å². The molecule has 0 aliphatic carbocycles. The van der Waals surface area contributed by atoms with Gasteiger partial charge in [-0.15, -0.1) is 0 Å². The zero-order valence-corrected chi connectivity index (χ0v) is 13.7. The first-order valence-electron chi connectivity index (χ1n) is 8.62. The molecule has 22 heavy (non-hydrogen) atoms. The molecule has 2 N–H and O–H groups in total. The first-order valence-corrected chi connectivity index (χ1v) is 8.62. The smallest absolute Gasteiger partial charge is 0.262 e. The molecule has 120 valence electrons. The molecule has 0 aromatic heterocycles. The molecule has 0 bridgehead atoms. The molecule has 1 heterocycles. The van der Waals surface area contributed by atoms with Crippen LogP contribution in [0.3, 0.4) is 0 Å². The summed E-state index contributed by atoms with van der Waals surface area (Å²) in [7, 11) is 0. The Hall–Kier alpha value is -1.61. The van der Waals surface area contributed by atoms with Gasteiger partial charge in [0.1, 0.15) is 0 Å². The minimum atomic E-state index is -0.0212. The molecule has 1 aromatic rings. The SMILES string of the molecule is CCCCCCCCCc1ccc(/C=C2\CNNC2=O)cc1. The quantitative estimate of drug-likeness (QED) is 0.534. The highest BCUT2D eigenvalue weighted by Gasteiger charge is 2.14. The predicted molar refractivity (Wildman–Crippen MR) is 92.3 cm³/mol. The van der Waals surface area contributed by atoms with Crippen LogP contribution in [0.5, 0.6) is 0 Å². The maximum absolute atomic E-state index is 11.5. The second-order valence-electron chi connectivity index (χ2n) is 6.09. The minimum Gasteiger partial charge on any atom is -0.287 e. The van der Waals surface area contributed by atoms with Crippen molar-refractivity contribution in [2.45, 2.75) is 58.3 Å². The molecule has 1 aromatic carbocycles. The third-order valence-electron chi connectivity index (χ3n) is 4.16. The summed E-state index contributed by atoms with van der Waals surface area (Å²) in [6.07, 6.45) is 12.6. The fraction of sp³-hybridized carbons (Fsp3) is 0.526. The highest BCUT2D eigenvalue weighted by Crippen LogP contribution is 2.14. The summed E-state index contributed by atoms with van der Waals surface area (Å²) in [6.45, 7) is 2.86. The lowest BCUT2D eigenvalue weighted by atomic mass is 10.0. The maximum Gasteiger partial charge on any atom is 0.262 e. The molecule has 0 atom stereocenters. The van der Waals surface area contributed by atoms with E-state index in [0.29, 0.717) is 6.54 Å². The molecule has 1 saturated heterocycles. The van der Waals surface area contributed by atoms with Crippen molar-refractivity contribution in [2.75, 3.05) is 6.54 Å². The van der Waals surface area contributed by atoms with E-state index < -0.39 is 0 Å². The highest BCUT2D eigenvalue weighted by atomic mass is 16.2. The minimum absolute atomic E-state index is 0.0212. The maximum atomic E-state index is 11.5. The zero-order chi connectivity index (χ0) is 15.6. The Morgan fingerprint density at radius 2 is 1.68 bits per heavy atom. The summed E-state index contributed by atoms with van der Waals surface area (Å²) in [5.74, 6) is -0.0212. The topological polar surface area (TPSA) is 41.1 Å². The van der Waals surface area contributed by atoms with Gasteiger partial charge >= 0.3 is 0 Å². The molecule has 0 radical (unpaired) electrons. The van der Waals surface area contributed by atoms with Gasteiger partial charge < -0.3 is 0 Å². The number of aryl methyl sites for hydroxylation is 1. The van der Waals surface area contributed by atoms with E-state index in [1.807, 2.05) is 6.08 Å². The molecule has 2 rings (SSSR count). The molecule has 1 amide bonds. The molecule has 3 nitrogen and oxygen atoms in total. The molecule has 1 fully saturated rings. The fourth-order valence-electron chi connectivity index (χ4n) is 2.76. The summed E-state index contributed by atoms with van der Waals surface area (Å²) in [4.78, 5) is 11.5. The van der Waals surface area contributed by atoms with E-state index in [0.717, 1.165) is 17.6 Å².